The van der Waals surface area contributed by atoms with Crippen molar-refractivity contribution in [1.82, 2.24) is 9.78 Å². The van der Waals surface area contributed by atoms with Crippen LogP contribution in [0.3, 0.4) is 0 Å². The van der Waals surface area contributed by atoms with E-state index in [0.29, 0.717) is 11.4 Å². The maximum atomic E-state index is 12.7. The molecule has 0 saturated heterocycles. The Morgan fingerprint density at radius 3 is 2.21 bits per heavy atom. The predicted molar refractivity (Wildman–Crippen MR) is 64.9 cm³/mol. The molecule has 0 unspecified atom stereocenters. The molecule has 0 aliphatic heterocycles. The van der Waals surface area contributed by atoms with E-state index in [-0.39, 0.29) is 10.7 Å². The van der Waals surface area contributed by atoms with E-state index in [9.17, 15) is 13.2 Å². The van der Waals surface area contributed by atoms with Crippen molar-refractivity contribution in [1.29, 1.82) is 0 Å². The Bertz CT molecular complexity index is 590. The first-order valence-corrected chi connectivity index (χ1v) is 5.69. The number of halogens is 4. The summed E-state index contributed by atoms with van der Waals surface area (Å²) in [6.07, 6.45) is -4.52. The fraction of sp³-hybridized carbons (Fsp3) is 0.250. The molecule has 1 aromatic heterocycles. The first-order valence-electron chi connectivity index (χ1n) is 5.31. The number of hydrogen-bond donors (Lipinski definition) is 0. The molecule has 0 spiro atoms. The average Bonchev–Trinajstić information content (AvgIpc) is 2.66. The lowest BCUT2D eigenvalue weighted by Gasteiger charge is -2.05. The molecule has 0 N–H and O–H groups in total. The number of alkyl halides is 3. The molecule has 0 radical (unpaired) electrons. The van der Waals surface area contributed by atoms with Crippen LogP contribution in [0.4, 0.5) is 13.2 Å². The van der Waals surface area contributed by atoms with E-state index >= 15 is 0 Å². The lowest BCUT2D eigenvalue weighted by Crippen LogP contribution is -2.08. The lowest BCUT2D eigenvalue weighted by molar-refractivity contribution is -0.141. The quantitative estimate of drug-likeness (QED) is 0.840. The molecular weight excluding hydrogens is 281 g/mol. The molecule has 0 aliphatic rings. The van der Waals surface area contributed by atoms with Crippen LogP contribution in [-0.2, 0) is 6.18 Å². The van der Waals surface area contributed by atoms with Gasteiger partial charge in [0.1, 0.15) is 10.9 Å². The van der Waals surface area contributed by atoms with Gasteiger partial charge in [-0.2, -0.15) is 18.3 Å². The SMILES string of the molecule is COc1ccc(-n2nc(C(F)(F)F)c(C)c2Cl)cc1. The van der Waals surface area contributed by atoms with Crippen molar-refractivity contribution in [2.24, 2.45) is 0 Å². The van der Waals surface area contributed by atoms with Gasteiger partial charge in [-0.3, -0.25) is 0 Å². The third kappa shape index (κ3) is 2.53. The average molecular weight is 291 g/mol. The summed E-state index contributed by atoms with van der Waals surface area (Å²) < 4.78 is 44.2. The minimum Gasteiger partial charge on any atom is -0.497 e. The number of ether oxygens (including phenoxy) is 1. The zero-order valence-electron chi connectivity index (χ0n) is 10.1. The Morgan fingerprint density at radius 2 is 1.79 bits per heavy atom. The topological polar surface area (TPSA) is 27.1 Å². The van der Waals surface area contributed by atoms with Gasteiger partial charge in [-0.05, 0) is 31.2 Å². The van der Waals surface area contributed by atoms with Crippen molar-refractivity contribution < 1.29 is 17.9 Å². The van der Waals surface area contributed by atoms with Crippen LogP contribution in [0.15, 0.2) is 24.3 Å². The van der Waals surface area contributed by atoms with Crippen LogP contribution < -0.4 is 4.74 Å². The highest BCUT2D eigenvalue weighted by atomic mass is 35.5. The molecular formula is C12H10ClF3N2O. The molecule has 1 heterocycles. The van der Waals surface area contributed by atoms with Gasteiger partial charge < -0.3 is 4.74 Å². The van der Waals surface area contributed by atoms with Gasteiger partial charge in [-0.1, -0.05) is 11.6 Å². The Morgan fingerprint density at radius 1 is 1.21 bits per heavy atom. The van der Waals surface area contributed by atoms with Gasteiger partial charge in [-0.25, -0.2) is 4.68 Å². The predicted octanol–water partition coefficient (Wildman–Crippen LogP) is 3.86. The van der Waals surface area contributed by atoms with Gasteiger partial charge in [0.05, 0.1) is 12.8 Å². The highest BCUT2D eigenvalue weighted by molar-refractivity contribution is 6.30. The maximum absolute atomic E-state index is 12.7. The molecule has 7 heteroatoms. The van der Waals surface area contributed by atoms with Crippen molar-refractivity contribution in [3.05, 3.63) is 40.7 Å². The fourth-order valence-corrected chi connectivity index (χ4v) is 1.86. The number of rotatable bonds is 2. The Kier molecular flexibility index (Phi) is 3.45. The third-order valence-electron chi connectivity index (χ3n) is 2.64. The van der Waals surface area contributed by atoms with E-state index < -0.39 is 11.9 Å². The summed E-state index contributed by atoms with van der Waals surface area (Å²) in [5.74, 6) is 0.597. The van der Waals surface area contributed by atoms with E-state index in [1.165, 1.54) is 14.0 Å². The van der Waals surface area contributed by atoms with E-state index in [4.69, 9.17) is 16.3 Å². The largest absolute Gasteiger partial charge is 0.497 e. The zero-order valence-corrected chi connectivity index (χ0v) is 10.9. The second-order valence-electron chi connectivity index (χ2n) is 3.87. The number of nitrogens with zero attached hydrogens (tertiary/aromatic N) is 2. The molecule has 2 rings (SSSR count). The highest BCUT2D eigenvalue weighted by Crippen LogP contribution is 2.35. The molecule has 102 valence electrons. The molecule has 0 fully saturated rings. The van der Waals surface area contributed by atoms with Crippen molar-refractivity contribution in [2.45, 2.75) is 13.1 Å². The Balaban J connectivity index is 2.50. The van der Waals surface area contributed by atoms with E-state index in [1.54, 1.807) is 24.3 Å². The summed E-state index contributed by atoms with van der Waals surface area (Å²) in [5.41, 5.74) is -0.636. The van der Waals surface area contributed by atoms with E-state index in [0.717, 1.165) is 4.68 Å². The van der Waals surface area contributed by atoms with E-state index in [2.05, 4.69) is 5.10 Å². The molecule has 0 bridgehead atoms. The third-order valence-corrected chi connectivity index (χ3v) is 3.08. The minimum absolute atomic E-state index is 0.0579. The molecule has 19 heavy (non-hydrogen) atoms. The van der Waals surface area contributed by atoms with Gasteiger partial charge in [-0.15, -0.1) is 0 Å². The lowest BCUT2D eigenvalue weighted by atomic mass is 10.3. The Hall–Kier alpha value is -1.69. The van der Waals surface area contributed by atoms with Crippen LogP contribution in [-0.4, -0.2) is 16.9 Å². The van der Waals surface area contributed by atoms with E-state index in [1.807, 2.05) is 0 Å². The number of hydrogen-bond acceptors (Lipinski definition) is 2. The summed E-state index contributed by atoms with van der Waals surface area (Å²) in [7, 11) is 1.50. The number of aromatic nitrogens is 2. The molecule has 0 amide bonds. The van der Waals surface area contributed by atoms with Crippen LogP contribution >= 0.6 is 11.6 Å². The molecule has 0 aliphatic carbocycles. The summed E-state index contributed by atoms with van der Waals surface area (Å²) in [6.45, 7) is 1.29. The smallest absolute Gasteiger partial charge is 0.435 e. The maximum Gasteiger partial charge on any atom is 0.435 e. The second kappa shape index (κ2) is 4.77. The van der Waals surface area contributed by atoms with Crippen molar-refractivity contribution in [3.63, 3.8) is 0 Å². The zero-order chi connectivity index (χ0) is 14.2. The van der Waals surface area contributed by atoms with Crippen LogP contribution in [0.1, 0.15) is 11.3 Å². The second-order valence-corrected chi connectivity index (χ2v) is 4.23. The Labute approximate surface area is 112 Å². The van der Waals surface area contributed by atoms with Gasteiger partial charge in [0.25, 0.3) is 0 Å². The standard InChI is InChI=1S/C12H10ClF3N2O/c1-7-10(12(14,15)16)17-18(11(7)13)8-3-5-9(19-2)6-4-8/h3-6H,1-2H3. The minimum atomic E-state index is -4.52. The molecule has 1 aromatic carbocycles. The molecule has 3 nitrogen and oxygen atoms in total. The molecule has 2 aromatic rings. The first kappa shape index (κ1) is 13.7. The molecule has 0 saturated carbocycles. The van der Waals surface area contributed by atoms with Crippen molar-refractivity contribution in [3.8, 4) is 11.4 Å². The van der Waals surface area contributed by atoms with Gasteiger partial charge in [0, 0.05) is 5.56 Å². The van der Waals surface area contributed by atoms with Gasteiger partial charge in [0.2, 0.25) is 0 Å². The summed E-state index contributed by atoms with van der Waals surface area (Å²) in [6, 6.07) is 6.40. The number of methoxy groups -OCH3 is 1. The highest BCUT2D eigenvalue weighted by Gasteiger charge is 2.37. The fourth-order valence-electron chi connectivity index (χ4n) is 1.64. The summed E-state index contributed by atoms with van der Waals surface area (Å²) in [5, 5.41) is 3.47. The molecule has 0 atom stereocenters. The van der Waals surface area contributed by atoms with Crippen LogP contribution in [0.25, 0.3) is 5.69 Å². The summed E-state index contributed by atoms with van der Waals surface area (Å²) in [4.78, 5) is 0. The van der Waals surface area contributed by atoms with Crippen LogP contribution in [0, 0.1) is 6.92 Å². The van der Waals surface area contributed by atoms with Gasteiger partial charge in [0.15, 0.2) is 5.69 Å². The van der Waals surface area contributed by atoms with Gasteiger partial charge >= 0.3 is 6.18 Å². The van der Waals surface area contributed by atoms with Crippen LogP contribution in [0.2, 0.25) is 5.15 Å². The van der Waals surface area contributed by atoms with Crippen LogP contribution in [0.5, 0.6) is 5.75 Å². The number of benzene rings is 1. The van der Waals surface area contributed by atoms with Crippen molar-refractivity contribution >= 4 is 11.6 Å². The first-order chi connectivity index (χ1) is 8.84. The van der Waals surface area contributed by atoms with Crippen molar-refractivity contribution in [2.75, 3.05) is 7.11 Å². The monoisotopic (exact) mass is 290 g/mol. The summed E-state index contributed by atoms with van der Waals surface area (Å²) >= 11 is 5.90. The normalized spacial score (nSPS) is 11.7.